The molecule has 0 spiro atoms. The van der Waals surface area contributed by atoms with E-state index in [1.807, 2.05) is 0 Å². The molecule has 0 saturated carbocycles. The van der Waals surface area contributed by atoms with Crippen LogP contribution in [0.15, 0.2) is 0 Å². The lowest BCUT2D eigenvalue weighted by molar-refractivity contribution is -0.124. The molecule has 0 saturated heterocycles. The summed E-state index contributed by atoms with van der Waals surface area (Å²) < 4.78 is 0. The molecule has 3 atom stereocenters. The van der Waals surface area contributed by atoms with Crippen LogP contribution in [0, 0.1) is 0 Å². The Hall–Kier alpha value is -0.650. The number of hydrogen-bond acceptors (Lipinski definition) is 4. The number of aliphatic hydroxyl groups is 3. The van der Waals surface area contributed by atoms with Crippen LogP contribution < -0.4 is 5.32 Å². The summed E-state index contributed by atoms with van der Waals surface area (Å²) in [7, 11) is 0. The highest BCUT2D eigenvalue weighted by Crippen LogP contribution is 2.17. The van der Waals surface area contributed by atoms with E-state index in [2.05, 4.69) is 19.2 Å². The third kappa shape index (κ3) is 31.9. The topological polar surface area (TPSA) is 89.8 Å². The van der Waals surface area contributed by atoms with Crippen molar-refractivity contribution < 1.29 is 20.1 Å². The molecule has 4 N–H and O–H groups in total. The minimum absolute atomic E-state index is 0.141. The van der Waals surface area contributed by atoms with Crippen LogP contribution in [0.25, 0.3) is 0 Å². The summed E-state index contributed by atoms with van der Waals surface area (Å²) in [5, 5.41) is 33.4. The van der Waals surface area contributed by atoms with E-state index in [0.29, 0.717) is 12.8 Å². The third-order valence-corrected chi connectivity index (χ3v) is 9.96. The molecule has 0 radical (unpaired) electrons. The summed E-state index contributed by atoms with van der Waals surface area (Å²) in [6, 6.07) is -0.801. The van der Waals surface area contributed by atoms with Crippen molar-refractivity contribution in [2.75, 3.05) is 6.61 Å². The third-order valence-electron chi connectivity index (χ3n) is 9.96. The first-order valence-corrected chi connectivity index (χ1v) is 20.8. The van der Waals surface area contributed by atoms with Crippen molar-refractivity contribution in [3.05, 3.63) is 0 Å². The number of hydrogen-bond donors (Lipinski definition) is 4. The molecule has 3 unspecified atom stereocenters. The lowest BCUT2D eigenvalue weighted by Gasteiger charge is -2.26. The van der Waals surface area contributed by atoms with E-state index in [1.165, 1.54) is 167 Å². The molecule has 1 amide bonds. The Kier molecular flexibility index (Phi) is 36.6. The number of carbonyl (C=O) groups is 1. The van der Waals surface area contributed by atoms with E-state index < -0.39 is 18.2 Å². The maximum absolute atomic E-state index is 12.4. The minimum atomic E-state index is -1.13. The van der Waals surface area contributed by atoms with Gasteiger partial charge < -0.3 is 20.6 Å². The van der Waals surface area contributed by atoms with Gasteiger partial charge in [0, 0.05) is 6.42 Å². The van der Waals surface area contributed by atoms with Crippen LogP contribution in [0.1, 0.15) is 232 Å². The van der Waals surface area contributed by atoms with Crippen LogP contribution in [-0.2, 0) is 4.79 Å². The first kappa shape index (κ1) is 45.3. The summed E-state index contributed by atoms with van der Waals surface area (Å²) in [5.41, 5.74) is 0. The van der Waals surface area contributed by atoms with E-state index >= 15 is 0 Å². The molecule has 0 rings (SSSR count). The molecule has 276 valence electrons. The van der Waals surface area contributed by atoms with Crippen LogP contribution >= 0.6 is 0 Å². The van der Waals surface area contributed by atoms with Crippen LogP contribution in [-0.4, -0.2) is 46.1 Å². The summed E-state index contributed by atoms with van der Waals surface area (Å²) in [6.45, 7) is 4.18. The molecule has 0 aliphatic rings. The van der Waals surface area contributed by atoms with E-state index in [-0.39, 0.29) is 12.5 Å². The Morgan fingerprint density at radius 2 is 0.739 bits per heavy atom. The van der Waals surface area contributed by atoms with Gasteiger partial charge >= 0.3 is 0 Å². The van der Waals surface area contributed by atoms with Gasteiger partial charge in [0.2, 0.25) is 5.91 Å². The molecular weight excluding hydrogens is 570 g/mol. The molecule has 5 heteroatoms. The number of aliphatic hydroxyl groups excluding tert-OH is 3. The lowest BCUT2D eigenvalue weighted by Crippen LogP contribution is -2.50. The molecule has 0 aliphatic heterocycles. The van der Waals surface area contributed by atoms with Gasteiger partial charge in [-0.3, -0.25) is 4.79 Å². The molecule has 0 aromatic heterocycles. The number of nitrogens with one attached hydrogen (secondary N) is 1. The molecule has 5 nitrogen and oxygen atoms in total. The molecule has 0 aliphatic carbocycles. The standard InChI is InChI=1S/C41H83NO4/c1-3-5-7-9-11-13-15-17-18-19-20-21-22-23-24-26-28-30-32-34-36-40(45)42-38(37-43)41(46)39(44)35-33-31-29-27-25-16-14-12-10-8-6-4-2/h38-39,41,43-44,46H,3-37H2,1-2H3,(H,42,45). The second-order valence-electron chi connectivity index (χ2n) is 14.6. The predicted octanol–water partition coefficient (Wildman–Crippen LogP) is 11.5. The fourth-order valence-corrected chi connectivity index (χ4v) is 6.69. The van der Waals surface area contributed by atoms with Crippen molar-refractivity contribution in [3.63, 3.8) is 0 Å². The van der Waals surface area contributed by atoms with Gasteiger partial charge in [0.25, 0.3) is 0 Å². The zero-order chi connectivity index (χ0) is 33.8. The fraction of sp³-hybridized carbons (Fsp3) is 0.976. The maximum Gasteiger partial charge on any atom is 0.220 e. The normalized spacial score (nSPS) is 13.6. The first-order valence-electron chi connectivity index (χ1n) is 20.8. The Morgan fingerprint density at radius 1 is 0.457 bits per heavy atom. The smallest absolute Gasteiger partial charge is 0.220 e. The van der Waals surface area contributed by atoms with Gasteiger partial charge in [-0.15, -0.1) is 0 Å². The van der Waals surface area contributed by atoms with E-state index in [1.54, 1.807) is 0 Å². The Bertz CT molecular complexity index is 601. The predicted molar refractivity (Wildman–Crippen MR) is 199 cm³/mol. The number of carbonyl (C=O) groups excluding carboxylic acids is 1. The van der Waals surface area contributed by atoms with Crippen molar-refractivity contribution in [1.29, 1.82) is 0 Å². The van der Waals surface area contributed by atoms with Crippen molar-refractivity contribution in [1.82, 2.24) is 5.32 Å². The zero-order valence-corrected chi connectivity index (χ0v) is 31.2. The average molecular weight is 654 g/mol. The quantitative estimate of drug-likeness (QED) is 0.0499. The monoisotopic (exact) mass is 654 g/mol. The second-order valence-corrected chi connectivity index (χ2v) is 14.6. The van der Waals surface area contributed by atoms with Gasteiger partial charge in [-0.05, 0) is 12.8 Å². The van der Waals surface area contributed by atoms with E-state index in [0.717, 1.165) is 38.5 Å². The molecule has 0 fully saturated rings. The maximum atomic E-state index is 12.4. The number of rotatable bonds is 38. The molecule has 46 heavy (non-hydrogen) atoms. The lowest BCUT2D eigenvalue weighted by atomic mass is 9.99. The molecular formula is C41H83NO4. The molecule has 0 aromatic rings. The first-order chi connectivity index (χ1) is 22.6. The van der Waals surface area contributed by atoms with Gasteiger partial charge in [0.1, 0.15) is 6.10 Å². The van der Waals surface area contributed by atoms with Gasteiger partial charge in [-0.1, -0.05) is 213 Å². The highest BCUT2D eigenvalue weighted by atomic mass is 16.3. The summed E-state index contributed by atoms with van der Waals surface area (Å²) in [5.74, 6) is -0.141. The summed E-state index contributed by atoms with van der Waals surface area (Å²) in [4.78, 5) is 12.4. The van der Waals surface area contributed by atoms with Crippen LogP contribution in [0.2, 0.25) is 0 Å². The fourth-order valence-electron chi connectivity index (χ4n) is 6.69. The number of amides is 1. The van der Waals surface area contributed by atoms with Crippen molar-refractivity contribution in [3.8, 4) is 0 Å². The van der Waals surface area contributed by atoms with Crippen LogP contribution in [0.3, 0.4) is 0 Å². The van der Waals surface area contributed by atoms with Gasteiger partial charge in [0.15, 0.2) is 0 Å². The SMILES string of the molecule is CCCCCCCCCCCCCCCCCCCCCCC(=O)NC(CO)C(O)C(O)CCCCCCCCCCCCCC. The highest BCUT2D eigenvalue weighted by Gasteiger charge is 2.26. The average Bonchev–Trinajstić information content (AvgIpc) is 3.06. The minimum Gasteiger partial charge on any atom is -0.394 e. The summed E-state index contributed by atoms with van der Waals surface area (Å²) >= 11 is 0. The highest BCUT2D eigenvalue weighted by molar-refractivity contribution is 5.76. The van der Waals surface area contributed by atoms with Crippen molar-refractivity contribution >= 4 is 5.91 Å². The molecule has 0 bridgehead atoms. The second kappa shape index (κ2) is 37.2. The van der Waals surface area contributed by atoms with Crippen LogP contribution in [0.5, 0.6) is 0 Å². The van der Waals surface area contributed by atoms with Crippen molar-refractivity contribution in [2.45, 2.75) is 250 Å². The molecule has 0 heterocycles. The van der Waals surface area contributed by atoms with E-state index in [4.69, 9.17) is 0 Å². The van der Waals surface area contributed by atoms with Gasteiger partial charge in [0.05, 0.1) is 18.8 Å². The Morgan fingerprint density at radius 3 is 1.04 bits per heavy atom. The number of unbranched alkanes of at least 4 members (excludes halogenated alkanes) is 30. The van der Waals surface area contributed by atoms with Crippen molar-refractivity contribution in [2.24, 2.45) is 0 Å². The summed E-state index contributed by atoms with van der Waals surface area (Å²) in [6.07, 6.45) is 40.6. The molecule has 0 aromatic carbocycles. The van der Waals surface area contributed by atoms with Gasteiger partial charge in [-0.25, -0.2) is 0 Å². The van der Waals surface area contributed by atoms with E-state index in [9.17, 15) is 20.1 Å². The zero-order valence-electron chi connectivity index (χ0n) is 31.2. The van der Waals surface area contributed by atoms with Crippen LogP contribution in [0.4, 0.5) is 0 Å². The Labute approximate surface area is 287 Å². The largest absolute Gasteiger partial charge is 0.394 e. The Balaban J connectivity index is 3.58. The van der Waals surface area contributed by atoms with Gasteiger partial charge in [-0.2, -0.15) is 0 Å².